The first kappa shape index (κ1) is 21.0. The topological polar surface area (TPSA) is 72.9 Å². The summed E-state index contributed by atoms with van der Waals surface area (Å²) in [7, 11) is -2.67. The van der Waals surface area contributed by atoms with E-state index in [0.717, 1.165) is 6.26 Å². The van der Waals surface area contributed by atoms with E-state index in [0.29, 0.717) is 20.5 Å². The van der Waals surface area contributed by atoms with Crippen LogP contribution in [-0.2, 0) is 19.6 Å². The number of halogens is 2. The lowest BCUT2D eigenvalue weighted by molar-refractivity contribution is -0.141. The van der Waals surface area contributed by atoms with Crippen molar-refractivity contribution in [3.05, 3.63) is 47.2 Å². The molecular formula is C18H19ClFNO5S. The Morgan fingerprint density at radius 1 is 1.19 bits per heavy atom. The fraction of sp³-hybridized carbons (Fsp3) is 0.278. The Morgan fingerprint density at radius 3 is 2.33 bits per heavy atom. The van der Waals surface area contributed by atoms with Gasteiger partial charge in [-0.3, -0.25) is 9.10 Å². The maximum Gasteiger partial charge on any atom is 0.326 e. The van der Waals surface area contributed by atoms with Gasteiger partial charge in [0.25, 0.3) is 0 Å². The van der Waals surface area contributed by atoms with Crippen LogP contribution in [0.4, 0.5) is 10.1 Å². The average molecular weight is 416 g/mol. The van der Waals surface area contributed by atoms with Crippen molar-refractivity contribution < 1.29 is 27.1 Å². The minimum Gasteiger partial charge on any atom is -0.493 e. The molecule has 0 aliphatic rings. The van der Waals surface area contributed by atoms with Gasteiger partial charge in [-0.1, -0.05) is 23.7 Å². The summed E-state index contributed by atoms with van der Waals surface area (Å²) in [5.74, 6) is -1.84. The third-order valence-corrected chi connectivity index (χ3v) is 5.06. The smallest absolute Gasteiger partial charge is 0.326 e. The van der Waals surface area contributed by atoms with Crippen LogP contribution in [0.2, 0.25) is 5.02 Å². The summed E-state index contributed by atoms with van der Waals surface area (Å²) in [5, 5.41) is 0.521. The summed E-state index contributed by atoms with van der Waals surface area (Å²) in [5.41, 5.74) is 0.748. The zero-order valence-electron chi connectivity index (χ0n) is 15.0. The molecule has 0 saturated carbocycles. The van der Waals surface area contributed by atoms with Gasteiger partial charge in [-0.25, -0.2) is 12.8 Å². The van der Waals surface area contributed by atoms with Crippen molar-refractivity contribution in [2.75, 3.05) is 30.8 Å². The first-order chi connectivity index (χ1) is 12.7. The summed E-state index contributed by atoms with van der Waals surface area (Å²) in [6.07, 6.45) is 0.880. The number of benzene rings is 2. The minimum atomic E-state index is -3.94. The first-order valence-electron chi connectivity index (χ1n) is 7.94. The fourth-order valence-corrected chi connectivity index (χ4v) is 3.46. The van der Waals surface area contributed by atoms with Crippen LogP contribution in [0, 0.1) is 5.82 Å². The average Bonchev–Trinajstić information content (AvgIpc) is 2.60. The molecule has 0 unspecified atom stereocenters. The Labute approximate surface area is 162 Å². The summed E-state index contributed by atoms with van der Waals surface area (Å²) >= 11 is 5.87. The summed E-state index contributed by atoms with van der Waals surface area (Å²) < 4.78 is 49.9. The highest BCUT2D eigenvalue weighted by Gasteiger charge is 2.27. The van der Waals surface area contributed by atoms with E-state index in [-0.39, 0.29) is 18.0 Å². The third-order valence-electron chi connectivity index (χ3n) is 3.68. The molecule has 0 atom stereocenters. The molecule has 9 heteroatoms. The number of anilines is 1. The first-order valence-corrected chi connectivity index (χ1v) is 10.2. The van der Waals surface area contributed by atoms with Crippen LogP contribution < -0.4 is 9.04 Å². The molecule has 146 valence electrons. The summed E-state index contributed by atoms with van der Waals surface area (Å²) in [6.45, 7) is 1.03. The van der Waals surface area contributed by atoms with Gasteiger partial charge in [-0.2, -0.15) is 0 Å². The van der Waals surface area contributed by atoms with Crippen molar-refractivity contribution in [2.24, 2.45) is 0 Å². The van der Waals surface area contributed by atoms with E-state index in [1.54, 1.807) is 31.2 Å². The molecule has 0 amide bonds. The molecule has 0 N–H and O–H groups in total. The Balaban J connectivity index is 2.56. The summed E-state index contributed by atoms with van der Waals surface area (Å²) in [6, 6.07) is 9.46. The van der Waals surface area contributed by atoms with Gasteiger partial charge in [0.15, 0.2) is 11.6 Å². The molecule has 6 nitrogen and oxygen atoms in total. The number of ether oxygens (including phenoxy) is 2. The SMILES string of the molecule is CCOC(=O)CN(c1ccc(-c2ccc(Cl)cc2)c(OC)c1F)S(C)(=O)=O. The number of methoxy groups -OCH3 is 1. The lowest BCUT2D eigenvalue weighted by atomic mass is 10.0. The van der Waals surface area contributed by atoms with E-state index >= 15 is 4.39 Å². The van der Waals surface area contributed by atoms with Gasteiger partial charge < -0.3 is 9.47 Å². The van der Waals surface area contributed by atoms with Crippen molar-refractivity contribution in [3.8, 4) is 16.9 Å². The number of carbonyl (C=O) groups excluding carboxylic acids is 1. The number of carbonyl (C=O) groups is 1. The Bertz CT molecular complexity index is 932. The van der Waals surface area contributed by atoms with Crippen LogP contribution in [0.1, 0.15) is 6.92 Å². The van der Waals surface area contributed by atoms with Crippen LogP contribution in [-0.4, -0.2) is 40.9 Å². The van der Waals surface area contributed by atoms with Crippen LogP contribution in [0.5, 0.6) is 5.75 Å². The van der Waals surface area contributed by atoms with Crippen LogP contribution in [0.25, 0.3) is 11.1 Å². The molecule has 2 rings (SSSR count). The van der Waals surface area contributed by atoms with E-state index in [1.807, 2.05) is 0 Å². The van der Waals surface area contributed by atoms with Crippen LogP contribution in [0.15, 0.2) is 36.4 Å². The highest BCUT2D eigenvalue weighted by Crippen LogP contribution is 2.38. The van der Waals surface area contributed by atoms with Crippen LogP contribution in [0.3, 0.4) is 0 Å². The molecule has 0 aromatic heterocycles. The second-order valence-electron chi connectivity index (χ2n) is 5.56. The number of nitrogens with zero attached hydrogens (tertiary/aromatic N) is 1. The molecule has 0 bridgehead atoms. The summed E-state index contributed by atoms with van der Waals surface area (Å²) in [4.78, 5) is 11.8. The number of hydrogen-bond donors (Lipinski definition) is 0. The van der Waals surface area contributed by atoms with Crippen molar-refractivity contribution in [1.29, 1.82) is 0 Å². The lowest BCUT2D eigenvalue weighted by Gasteiger charge is -2.23. The molecule has 0 radical (unpaired) electrons. The molecule has 0 aliphatic carbocycles. The van der Waals surface area contributed by atoms with E-state index < -0.39 is 28.4 Å². The van der Waals surface area contributed by atoms with Crippen molar-refractivity contribution in [3.63, 3.8) is 0 Å². The van der Waals surface area contributed by atoms with E-state index in [1.165, 1.54) is 19.2 Å². The highest BCUT2D eigenvalue weighted by atomic mass is 35.5. The number of esters is 1. The molecule has 2 aromatic carbocycles. The largest absolute Gasteiger partial charge is 0.493 e. The fourth-order valence-electron chi connectivity index (χ4n) is 2.50. The number of rotatable bonds is 7. The van der Waals surface area contributed by atoms with Crippen molar-refractivity contribution in [2.45, 2.75) is 6.92 Å². The molecule has 0 spiro atoms. The van der Waals surface area contributed by atoms with Crippen molar-refractivity contribution >= 4 is 33.3 Å². The van der Waals surface area contributed by atoms with E-state index in [4.69, 9.17) is 21.1 Å². The Morgan fingerprint density at radius 2 is 1.81 bits per heavy atom. The molecule has 2 aromatic rings. The molecule has 0 heterocycles. The molecule has 27 heavy (non-hydrogen) atoms. The monoisotopic (exact) mass is 415 g/mol. The Kier molecular flexibility index (Phi) is 6.67. The maximum atomic E-state index is 15.1. The second kappa shape index (κ2) is 8.58. The second-order valence-corrected chi connectivity index (χ2v) is 7.90. The molecular weight excluding hydrogens is 397 g/mol. The van der Waals surface area contributed by atoms with Gasteiger partial charge in [-0.05, 0) is 36.8 Å². The van der Waals surface area contributed by atoms with Gasteiger partial charge in [-0.15, -0.1) is 0 Å². The zero-order valence-corrected chi connectivity index (χ0v) is 16.6. The van der Waals surface area contributed by atoms with Crippen LogP contribution >= 0.6 is 11.6 Å². The van der Waals surface area contributed by atoms with Gasteiger partial charge in [0.2, 0.25) is 10.0 Å². The third kappa shape index (κ3) is 4.90. The van der Waals surface area contributed by atoms with Crippen molar-refractivity contribution in [1.82, 2.24) is 0 Å². The maximum absolute atomic E-state index is 15.1. The lowest BCUT2D eigenvalue weighted by Crippen LogP contribution is -2.36. The van der Waals surface area contributed by atoms with Gasteiger partial charge >= 0.3 is 5.97 Å². The molecule has 0 fully saturated rings. The van der Waals surface area contributed by atoms with Gasteiger partial charge in [0, 0.05) is 10.6 Å². The van der Waals surface area contributed by atoms with Gasteiger partial charge in [0.1, 0.15) is 6.54 Å². The zero-order chi connectivity index (χ0) is 20.2. The predicted molar refractivity (Wildman–Crippen MR) is 102 cm³/mol. The van der Waals surface area contributed by atoms with Gasteiger partial charge in [0.05, 0.1) is 25.7 Å². The quantitative estimate of drug-likeness (QED) is 0.647. The number of sulfonamides is 1. The predicted octanol–water partition coefficient (Wildman–Crippen LogP) is 3.48. The highest BCUT2D eigenvalue weighted by molar-refractivity contribution is 7.92. The number of hydrogen-bond acceptors (Lipinski definition) is 5. The molecule has 0 aliphatic heterocycles. The normalized spacial score (nSPS) is 11.1. The standard InChI is InChI=1S/C18H19ClFNO5S/c1-4-26-16(22)11-21(27(3,23)24)15-10-9-14(18(25-2)17(15)20)12-5-7-13(19)8-6-12/h5-10H,4,11H2,1-3H3. The Hall–Kier alpha value is -2.32. The van der Waals surface area contributed by atoms with E-state index in [9.17, 15) is 13.2 Å². The van der Waals surface area contributed by atoms with E-state index in [2.05, 4.69) is 0 Å². The minimum absolute atomic E-state index is 0.0811. The molecule has 0 saturated heterocycles.